The summed E-state index contributed by atoms with van der Waals surface area (Å²) in [6, 6.07) is 67.3. The van der Waals surface area contributed by atoms with Gasteiger partial charge < -0.3 is 4.57 Å². The molecule has 0 amide bonds. The van der Waals surface area contributed by atoms with Gasteiger partial charge in [-0.25, -0.2) is 24.9 Å². The van der Waals surface area contributed by atoms with E-state index in [1.807, 2.05) is 66.7 Å². The molecule has 12 rings (SSSR count). The van der Waals surface area contributed by atoms with Crippen molar-refractivity contribution in [3.8, 4) is 62.5 Å². The highest BCUT2D eigenvalue weighted by Crippen LogP contribution is 2.44. The Morgan fingerprint density at radius 1 is 0.367 bits per heavy atom. The molecule has 0 atom stereocenters. The molecule has 6 nitrogen and oxygen atoms in total. The molecule has 0 unspecified atom stereocenters. The molecule has 0 fully saturated rings. The SMILES string of the molecule is c1ccc(-c2nc(-c3ccccc3)nc(-c3cccc4sc5c(-c6nc(-c7ccc8c9ccccc9n(-c9ccccc9)c8c7)c7ccccc7n6)cccc5c34)n2)cc1. The van der Waals surface area contributed by atoms with Crippen molar-refractivity contribution < 1.29 is 0 Å². The fraction of sp³-hybridized carbons (Fsp3) is 0. The van der Waals surface area contributed by atoms with E-state index in [9.17, 15) is 0 Å². The molecule has 0 N–H and O–H groups in total. The number of benzene rings is 8. The molecule has 0 radical (unpaired) electrons. The minimum absolute atomic E-state index is 0.631. The highest BCUT2D eigenvalue weighted by Gasteiger charge is 2.21. The monoisotopic (exact) mass is 784 g/mol. The zero-order valence-electron chi connectivity index (χ0n) is 32.1. The third-order valence-corrected chi connectivity index (χ3v) is 12.5. The molecule has 7 heteroatoms. The first-order valence-electron chi connectivity index (χ1n) is 19.9. The number of para-hydroxylation sites is 3. The molecular weight excluding hydrogens is 753 g/mol. The number of thiophene rings is 1. The summed E-state index contributed by atoms with van der Waals surface area (Å²) in [5.41, 5.74) is 10.1. The van der Waals surface area contributed by atoms with Gasteiger partial charge in [0.2, 0.25) is 0 Å². The van der Waals surface area contributed by atoms with Crippen LogP contribution in [0.4, 0.5) is 0 Å². The smallest absolute Gasteiger partial charge is 0.164 e. The molecular formula is C53H32N6S. The molecule has 0 aliphatic heterocycles. The molecule has 60 heavy (non-hydrogen) atoms. The quantitative estimate of drug-likeness (QED) is 0.168. The average molecular weight is 785 g/mol. The second kappa shape index (κ2) is 13.9. The summed E-state index contributed by atoms with van der Waals surface area (Å²) in [6.07, 6.45) is 0. The largest absolute Gasteiger partial charge is 0.309 e. The number of nitrogens with zero attached hydrogens (tertiary/aromatic N) is 6. The van der Waals surface area contributed by atoms with Gasteiger partial charge >= 0.3 is 0 Å². The molecule has 0 aliphatic carbocycles. The van der Waals surface area contributed by atoms with Crippen LogP contribution in [-0.4, -0.2) is 29.5 Å². The second-order valence-corrected chi connectivity index (χ2v) is 15.9. The lowest BCUT2D eigenvalue weighted by atomic mass is 10.0. The standard InChI is InChI=1S/C53H32N6S/c1-4-16-33(17-5-1)50-56-51(34-18-6-2-7-19-34)58-52(57-50)41-25-15-29-46-47(41)40-24-14-26-42(49(40)60-46)53-54-43-27-12-10-23-39(43)48(55-53)35-30-31-38-37-22-11-13-28-44(37)59(45(38)32-35)36-20-8-3-9-21-36/h1-32H. The van der Waals surface area contributed by atoms with Gasteiger partial charge in [-0.2, -0.15) is 0 Å². The van der Waals surface area contributed by atoms with Crippen LogP contribution in [0.1, 0.15) is 0 Å². The van der Waals surface area contributed by atoms with Crippen molar-refractivity contribution in [2.45, 2.75) is 0 Å². The number of hydrogen-bond acceptors (Lipinski definition) is 6. The lowest BCUT2D eigenvalue weighted by Gasteiger charge is -2.12. The van der Waals surface area contributed by atoms with Crippen molar-refractivity contribution in [1.29, 1.82) is 0 Å². The van der Waals surface area contributed by atoms with E-state index in [4.69, 9.17) is 24.9 Å². The molecule has 8 aromatic carbocycles. The predicted octanol–water partition coefficient (Wildman–Crippen LogP) is 13.6. The van der Waals surface area contributed by atoms with Crippen molar-refractivity contribution in [1.82, 2.24) is 29.5 Å². The van der Waals surface area contributed by atoms with Gasteiger partial charge in [0.15, 0.2) is 23.3 Å². The molecule has 0 spiro atoms. The average Bonchev–Trinajstić information content (AvgIpc) is 3.88. The molecule has 0 saturated carbocycles. The van der Waals surface area contributed by atoms with E-state index < -0.39 is 0 Å². The van der Waals surface area contributed by atoms with Crippen LogP contribution in [0.2, 0.25) is 0 Å². The Morgan fingerprint density at radius 2 is 0.950 bits per heavy atom. The topological polar surface area (TPSA) is 69.4 Å². The van der Waals surface area contributed by atoms with E-state index in [-0.39, 0.29) is 0 Å². The van der Waals surface area contributed by atoms with Gasteiger partial charge in [0, 0.05) is 69.8 Å². The maximum Gasteiger partial charge on any atom is 0.164 e. The summed E-state index contributed by atoms with van der Waals surface area (Å²) in [4.78, 5) is 25.9. The molecule has 0 bridgehead atoms. The summed E-state index contributed by atoms with van der Waals surface area (Å²) < 4.78 is 4.60. The summed E-state index contributed by atoms with van der Waals surface area (Å²) in [7, 11) is 0. The Hall–Kier alpha value is -7.87. The number of rotatable bonds is 6. The molecule has 12 aromatic rings. The van der Waals surface area contributed by atoms with E-state index in [0.717, 1.165) is 75.8 Å². The minimum Gasteiger partial charge on any atom is -0.309 e. The minimum atomic E-state index is 0.631. The van der Waals surface area contributed by atoms with Gasteiger partial charge in [-0.15, -0.1) is 11.3 Å². The van der Waals surface area contributed by atoms with Crippen LogP contribution in [0, 0.1) is 0 Å². The fourth-order valence-corrected chi connectivity index (χ4v) is 9.77. The lowest BCUT2D eigenvalue weighted by Crippen LogP contribution is -2.00. The van der Waals surface area contributed by atoms with Crippen LogP contribution in [0.25, 0.3) is 115 Å². The first-order chi connectivity index (χ1) is 29.7. The molecule has 0 saturated heterocycles. The number of hydrogen-bond donors (Lipinski definition) is 0. The van der Waals surface area contributed by atoms with Crippen molar-refractivity contribution in [2.75, 3.05) is 0 Å². The number of fused-ring (bicyclic) bond motifs is 7. The van der Waals surface area contributed by atoms with E-state index in [2.05, 4.69) is 132 Å². The maximum atomic E-state index is 5.45. The third-order valence-electron chi connectivity index (χ3n) is 11.3. The Balaban J connectivity index is 1.05. The molecule has 4 heterocycles. The Kier molecular flexibility index (Phi) is 7.92. The summed E-state index contributed by atoms with van der Waals surface area (Å²) in [5, 5.41) is 5.64. The lowest BCUT2D eigenvalue weighted by molar-refractivity contribution is 1.08. The third kappa shape index (κ3) is 5.59. The van der Waals surface area contributed by atoms with E-state index in [1.54, 1.807) is 11.3 Å². The van der Waals surface area contributed by atoms with Crippen molar-refractivity contribution in [2.24, 2.45) is 0 Å². The highest BCUT2D eigenvalue weighted by molar-refractivity contribution is 7.26. The van der Waals surface area contributed by atoms with Gasteiger partial charge in [0.1, 0.15) is 0 Å². The van der Waals surface area contributed by atoms with Crippen molar-refractivity contribution in [3.63, 3.8) is 0 Å². The second-order valence-electron chi connectivity index (χ2n) is 14.8. The Labute approximate surface area is 348 Å². The van der Waals surface area contributed by atoms with Crippen molar-refractivity contribution in [3.05, 3.63) is 194 Å². The predicted molar refractivity (Wildman–Crippen MR) is 247 cm³/mol. The first-order valence-corrected chi connectivity index (χ1v) is 20.7. The van der Waals surface area contributed by atoms with Gasteiger partial charge in [0.25, 0.3) is 0 Å². The van der Waals surface area contributed by atoms with Crippen LogP contribution in [0.3, 0.4) is 0 Å². The van der Waals surface area contributed by atoms with Crippen LogP contribution >= 0.6 is 11.3 Å². The van der Waals surface area contributed by atoms with Gasteiger partial charge in [0.05, 0.1) is 22.2 Å². The zero-order valence-corrected chi connectivity index (χ0v) is 32.9. The van der Waals surface area contributed by atoms with Crippen LogP contribution < -0.4 is 0 Å². The van der Waals surface area contributed by atoms with E-state index in [0.29, 0.717) is 23.3 Å². The van der Waals surface area contributed by atoms with Crippen LogP contribution in [0.5, 0.6) is 0 Å². The maximum absolute atomic E-state index is 5.45. The van der Waals surface area contributed by atoms with Crippen molar-refractivity contribution >= 4 is 64.2 Å². The molecule has 4 aromatic heterocycles. The Bertz CT molecular complexity index is 3540. The van der Waals surface area contributed by atoms with Crippen LogP contribution in [-0.2, 0) is 0 Å². The normalized spacial score (nSPS) is 11.7. The molecule has 0 aliphatic rings. The van der Waals surface area contributed by atoms with E-state index >= 15 is 0 Å². The highest BCUT2D eigenvalue weighted by atomic mass is 32.1. The number of aromatic nitrogens is 6. The summed E-state index contributed by atoms with van der Waals surface area (Å²) in [5.74, 6) is 2.59. The van der Waals surface area contributed by atoms with E-state index in [1.165, 1.54) is 16.3 Å². The molecule has 280 valence electrons. The van der Waals surface area contributed by atoms with Gasteiger partial charge in [-0.1, -0.05) is 152 Å². The van der Waals surface area contributed by atoms with Gasteiger partial charge in [-0.3, -0.25) is 0 Å². The Morgan fingerprint density at radius 3 is 1.72 bits per heavy atom. The summed E-state index contributed by atoms with van der Waals surface area (Å²) >= 11 is 1.75. The fourth-order valence-electron chi connectivity index (χ4n) is 8.53. The van der Waals surface area contributed by atoms with Crippen LogP contribution in [0.15, 0.2) is 194 Å². The summed E-state index contributed by atoms with van der Waals surface area (Å²) in [6.45, 7) is 0. The first kappa shape index (κ1) is 34.2. The zero-order chi connectivity index (χ0) is 39.6. The van der Waals surface area contributed by atoms with Gasteiger partial charge in [-0.05, 0) is 42.5 Å².